The van der Waals surface area contributed by atoms with Crippen LogP contribution in [0.3, 0.4) is 0 Å². The Kier molecular flexibility index (Phi) is 6.40. The highest BCUT2D eigenvalue weighted by Crippen LogP contribution is 2.37. The van der Waals surface area contributed by atoms with Gasteiger partial charge in [0.2, 0.25) is 0 Å². The fourth-order valence-corrected chi connectivity index (χ4v) is 3.76. The number of methoxy groups -OCH3 is 1. The van der Waals surface area contributed by atoms with Gasteiger partial charge >= 0.3 is 6.18 Å². The number of rotatable bonds is 5. The van der Waals surface area contributed by atoms with Gasteiger partial charge in [0.1, 0.15) is 5.75 Å². The maximum Gasteiger partial charge on any atom is 0.417 e. The van der Waals surface area contributed by atoms with Crippen LogP contribution in [0, 0.1) is 6.92 Å². The Hall–Kier alpha value is -1.92. The van der Waals surface area contributed by atoms with E-state index in [0.717, 1.165) is 43.4 Å². The molecule has 2 aromatic carbocycles. The topological polar surface area (TPSA) is 15.7 Å². The van der Waals surface area contributed by atoms with Gasteiger partial charge in [-0.3, -0.25) is 4.90 Å². The van der Waals surface area contributed by atoms with E-state index in [1.807, 2.05) is 17.9 Å². The van der Waals surface area contributed by atoms with Gasteiger partial charge in [-0.2, -0.15) is 13.2 Å². The summed E-state index contributed by atoms with van der Waals surface area (Å²) in [5.41, 5.74) is 2.17. The Morgan fingerprint density at radius 1 is 1.04 bits per heavy atom. The molecule has 1 saturated heterocycles. The molecule has 0 saturated carbocycles. The zero-order valence-electron chi connectivity index (χ0n) is 16.0. The minimum absolute atomic E-state index is 0.260. The number of benzene rings is 2. The molecule has 1 heterocycles. The third kappa shape index (κ3) is 4.92. The predicted octanol–water partition coefficient (Wildman–Crippen LogP) is 5.04. The second kappa shape index (κ2) is 8.62. The van der Waals surface area contributed by atoms with E-state index in [-0.39, 0.29) is 5.02 Å². The third-order valence-electron chi connectivity index (χ3n) is 5.17. The first kappa shape index (κ1) is 20.8. The number of aryl methyl sites for hydroxylation is 1. The number of hydrogen-bond acceptors (Lipinski definition) is 3. The highest BCUT2D eigenvalue weighted by Gasteiger charge is 2.34. The van der Waals surface area contributed by atoms with Crippen LogP contribution in [0.4, 0.5) is 18.9 Å². The van der Waals surface area contributed by atoms with Gasteiger partial charge in [0.05, 0.1) is 17.7 Å². The maximum atomic E-state index is 13.1. The molecule has 0 bridgehead atoms. The predicted molar refractivity (Wildman–Crippen MR) is 107 cm³/mol. The molecule has 152 valence electrons. The first-order chi connectivity index (χ1) is 13.3. The van der Waals surface area contributed by atoms with Gasteiger partial charge in [-0.15, -0.1) is 0 Å². The molecular formula is C21H24ClF3N2O. The average Bonchev–Trinajstić information content (AvgIpc) is 2.66. The Labute approximate surface area is 168 Å². The number of halogens is 4. The van der Waals surface area contributed by atoms with E-state index in [2.05, 4.69) is 17.0 Å². The summed E-state index contributed by atoms with van der Waals surface area (Å²) in [6.07, 6.45) is -3.50. The molecule has 0 spiro atoms. The van der Waals surface area contributed by atoms with Gasteiger partial charge in [-0.05, 0) is 48.7 Å². The largest absolute Gasteiger partial charge is 0.496 e. The molecule has 3 nitrogen and oxygen atoms in total. The van der Waals surface area contributed by atoms with Crippen LogP contribution in [-0.4, -0.2) is 44.7 Å². The van der Waals surface area contributed by atoms with Gasteiger partial charge in [0.15, 0.2) is 0 Å². The molecule has 0 atom stereocenters. The van der Waals surface area contributed by atoms with Gasteiger partial charge in [0.25, 0.3) is 0 Å². The van der Waals surface area contributed by atoms with Crippen molar-refractivity contribution in [2.24, 2.45) is 0 Å². The van der Waals surface area contributed by atoms with Crippen LogP contribution in [0.5, 0.6) is 5.75 Å². The first-order valence-corrected chi connectivity index (χ1v) is 9.63. The van der Waals surface area contributed by atoms with Crippen LogP contribution < -0.4 is 9.64 Å². The lowest BCUT2D eigenvalue weighted by Gasteiger charge is -2.36. The average molecular weight is 413 g/mol. The highest BCUT2D eigenvalue weighted by atomic mass is 35.5. The summed E-state index contributed by atoms with van der Waals surface area (Å²) in [5.74, 6) is 0.888. The lowest BCUT2D eigenvalue weighted by Crippen LogP contribution is -2.47. The summed E-state index contributed by atoms with van der Waals surface area (Å²) in [4.78, 5) is 4.33. The van der Waals surface area contributed by atoms with Crippen LogP contribution in [0.15, 0.2) is 36.4 Å². The Morgan fingerprint density at radius 2 is 1.75 bits per heavy atom. The third-order valence-corrected chi connectivity index (χ3v) is 5.50. The number of nitrogens with zero attached hydrogens (tertiary/aromatic N) is 2. The Balaban J connectivity index is 1.55. The number of ether oxygens (including phenoxy) is 1. The summed E-state index contributed by atoms with van der Waals surface area (Å²) in [6.45, 7) is 5.98. The van der Waals surface area contributed by atoms with Gasteiger partial charge in [-0.25, -0.2) is 0 Å². The summed E-state index contributed by atoms with van der Waals surface area (Å²) >= 11 is 5.72. The van der Waals surface area contributed by atoms with E-state index in [1.165, 1.54) is 11.6 Å². The molecule has 0 unspecified atom stereocenters. The van der Waals surface area contributed by atoms with Crippen molar-refractivity contribution in [1.82, 2.24) is 4.90 Å². The number of hydrogen-bond donors (Lipinski definition) is 0. The van der Waals surface area contributed by atoms with E-state index in [9.17, 15) is 13.2 Å². The van der Waals surface area contributed by atoms with Crippen molar-refractivity contribution in [2.75, 3.05) is 44.7 Å². The smallest absolute Gasteiger partial charge is 0.417 e. The van der Waals surface area contributed by atoms with Crippen molar-refractivity contribution in [2.45, 2.75) is 19.5 Å². The zero-order valence-corrected chi connectivity index (χ0v) is 16.8. The van der Waals surface area contributed by atoms with Crippen LogP contribution in [-0.2, 0) is 12.6 Å². The lowest BCUT2D eigenvalue weighted by molar-refractivity contribution is -0.137. The van der Waals surface area contributed by atoms with Crippen LogP contribution in [0.2, 0.25) is 5.02 Å². The molecule has 0 aliphatic carbocycles. The van der Waals surface area contributed by atoms with Crippen molar-refractivity contribution >= 4 is 17.3 Å². The highest BCUT2D eigenvalue weighted by molar-refractivity contribution is 6.31. The van der Waals surface area contributed by atoms with Crippen LogP contribution in [0.25, 0.3) is 0 Å². The maximum absolute atomic E-state index is 13.1. The number of piperazine rings is 1. The minimum Gasteiger partial charge on any atom is -0.496 e. The Bertz CT molecular complexity index is 818. The van der Waals surface area contributed by atoms with E-state index < -0.39 is 11.7 Å². The lowest BCUT2D eigenvalue weighted by atomic mass is 10.1. The molecule has 0 N–H and O–H groups in total. The van der Waals surface area contributed by atoms with E-state index in [4.69, 9.17) is 16.3 Å². The van der Waals surface area contributed by atoms with E-state index >= 15 is 0 Å². The second-order valence-electron chi connectivity index (χ2n) is 7.04. The van der Waals surface area contributed by atoms with E-state index in [1.54, 1.807) is 13.2 Å². The van der Waals surface area contributed by atoms with Crippen molar-refractivity contribution in [3.05, 3.63) is 58.1 Å². The molecule has 1 aliphatic rings. The summed E-state index contributed by atoms with van der Waals surface area (Å²) in [6, 6.07) is 10.3. The van der Waals surface area contributed by atoms with Crippen LogP contribution in [0.1, 0.15) is 16.7 Å². The van der Waals surface area contributed by atoms with Gasteiger partial charge < -0.3 is 9.64 Å². The van der Waals surface area contributed by atoms with Gasteiger partial charge in [-0.1, -0.05) is 23.7 Å². The SMILES string of the molecule is COc1ccc(CCN2CCN(c3ccc(Cl)c(C(F)(F)F)c3)CC2)cc1C. The quantitative estimate of drug-likeness (QED) is 0.684. The molecule has 0 aromatic heterocycles. The molecule has 28 heavy (non-hydrogen) atoms. The summed E-state index contributed by atoms with van der Waals surface area (Å²) < 4.78 is 44.5. The second-order valence-corrected chi connectivity index (χ2v) is 7.45. The first-order valence-electron chi connectivity index (χ1n) is 9.25. The van der Waals surface area contributed by atoms with Crippen molar-refractivity contribution < 1.29 is 17.9 Å². The molecule has 0 amide bonds. The monoisotopic (exact) mass is 412 g/mol. The molecule has 1 fully saturated rings. The molecule has 1 aliphatic heterocycles. The molecular weight excluding hydrogens is 389 g/mol. The normalized spacial score (nSPS) is 15.7. The molecule has 2 aromatic rings. The van der Waals surface area contributed by atoms with Crippen molar-refractivity contribution in [1.29, 1.82) is 0 Å². The molecule has 3 rings (SSSR count). The fraction of sp³-hybridized carbons (Fsp3) is 0.429. The fourth-order valence-electron chi connectivity index (χ4n) is 3.54. The minimum atomic E-state index is -4.44. The van der Waals surface area contributed by atoms with Crippen molar-refractivity contribution in [3.8, 4) is 5.75 Å². The van der Waals surface area contributed by atoms with Gasteiger partial charge in [0, 0.05) is 38.4 Å². The summed E-state index contributed by atoms with van der Waals surface area (Å²) in [5, 5.41) is -0.260. The Morgan fingerprint density at radius 3 is 2.36 bits per heavy atom. The number of anilines is 1. The van der Waals surface area contributed by atoms with Crippen LogP contribution >= 0.6 is 11.6 Å². The number of alkyl halides is 3. The standard InChI is InChI=1S/C21H24ClF3N2O/c1-15-13-16(3-6-20(15)28-2)7-8-26-9-11-27(12-10-26)17-4-5-19(22)18(14-17)21(23,24)25/h3-6,13-14H,7-12H2,1-2H3. The van der Waals surface area contributed by atoms with E-state index in [0.29, 0.717) is 18.8 Å². The summed E-state index contributed by atoms with van der Waals surface area (Å²) in [7, 11) is 1.67. The molecule has 7 heteroatoms. The molecule has 0 radical (unpaired) electrons. The van der Waals surface area contributed by atoms with Crippen molar-refractivity contribution in [3.63, 3.8) is 0 Å². The zero-order chi connectivity index (χ0) is 20.3.